The Hall–Kier alpha value is -3.23. The lowest BCUT2D eigenvalue weighted by atomic mass is 9.92. The van der Waals surface area contributed by atoms with E-state index in [1.54, 1.807) is 11.0 Å². The lowest BCUT2D eigenvalue weighted by Gasteiger charge is -2.42. The summed E-state index contributed by atoms with van der Waals surface area (Å²) < 4.78 is 1.90. The zero-order valence-corrected chi connectivity index (χ0v) is 21.7. The zero-order valence-electron chi connectivity index (χ0n) is 21.7. The summed E-state index contributed by atoms with van der Waals surface area (Å²) in [5, 5.41) is 14.2. The van der Waals surface area contributed by atoms with Crippen LogP contribution in [0.3, 0.4) is 0 Å². The maximum Gasteiger partial charge on any atom is 0.255 e. The molecular weight excluding hydrogens is 452 g/mol. The van der Waals surface area contributed by atoms with Gasteiger partial charge in [0.15, 0.2) is 0 Å². The van der Waals surface area contributed by atoms with Crippen molar-refractivity contribution in [1.82, 2.24) is 29.3 Å². The molecule has 0 spiro atoms. The number of rotatable bonds is 5. The smallest absolute Gasteiger partial charge is 0.255 e. The number of aliphatic hydroxyl groups excluding tert-OH is 1. The van der Waals surface area contributed by atoms with E-state index in [0.717, 1.165) is 72.0 Å². The highest BCUT2D eigenvalue weighted by Crippen LogP contribution is 2.32. The van der Waals surface area contributed by atoms with Gasteiger partial charge < -0.3 is 10.0 Å². The number of hydrogen-bond donors (Lipinski definition) is 1. The summed E-state index contributed by atoms with van der Waals surface area (Å²) in [6, 6.07) is 2.41. The Morgan fingerprint density at radius 3 is 2.72 bits per heavy atom. The van der Waals surface area contributed by atoms with Gasteiger partial charge in [-0.3, -0.25) is 19.6 Å². The lowest BCUT2D eigenvalue weighted by molar-refractivity contribution is -0.122. The van der Waals surface area contributed by atoms with E-state index < -0.39 is 0 Å². The number of fused-ring (bicyclic) bond motifs is 2. The van der Waals surface area contributed by atoms with Crippen LogP contribution in [0.5, 0.6) is 0 Å². The van der Waals surface area contributed by atoms with Crippen LogP contribution in [-0.2, 0) is 11.2 Å². The van der Waals surface area contributed by atoms with Crippen molar-refractivity contribution in [2.45, 2.75) is 46.6 Å². The summed E-state index contributed by atoms with van der Waals surface area (Å²) in [6.45, 7) is 11.9. The van der Waals surface area contributed by atoms with Crippen LogP contribution in [0.25, 0.3) is 11.1 Å². The van der Waals surface area contributed by atoms with Gasteiger partial charge in [0.05, 0.1) is 41.1 Å². The fraction of sp³-hybridized carbons (Fsp3) is 0.464. The van der Waals surface area contributed by atoms with Gasteiger partial charge in [-0.1, -0.05) is 19.9 Å². The zero-order chi connectivity index (χ0) is 25.4. The first kappa shape index (κ1) is 24.5. The van der Waals surface area contributed by atoms with E-state index in [2.05, 4.69) is 59.8 Å². The third-order valence-electron chi connectivity index (χ3n) is 7.49. The first-order valence-corrected chi connectivity index (χ1v) is 13.0. The molecule has 2 atom stereocenters. The number of amides is 1. The monoisotopic (exact) mass is 488 g/mol. The van der Waals surface area contributed by atoms with Gasteiger partial charge in [0.25, 0.3) is 5.91 Å². The molecule has 3 aliphatic rings. The molecule has 2 aromatic heterocycles. The van der Waals surface area contributed by atoms with Gasteiger partial charge in [-0.25, -0.2) is 4.52 Å². The molecule has 0 saturated carbocycles. The highest BCUT2D eigenvalue weighted by atomic mass is 16.3. The summed E-state index contributed by atoms with van der Waals surface area (Å²) in [7, 11) is 0. The summed E-state index contributed by atoms with van der Waals surface area (Å²) in [5.74, 6) is 0.102. The van der Waals surface area contributed by atoms with Crippen LogP contribution in [0.1, 0.15) is 44.3 Å². The van der Waals surface area contributed by atoms with Crippen molar-refractivity contribution in [2.75, 3.05) is 32.8 Å². The van der Waals surface area contributed by atoms with Crippen molar-refractivity contribution < 1.29 is 9.90 Å². The largest absolute Gasteiger partial charge is 0.395 e. The normalized spacial score (nSPS) is 23.2. The SMILES string of the molecule is CCc1nc(C)cn2nc(C3=CC(=O)N4C=C(N5CCN(CCO)C(C)C5)C=CC4=CCC3C)cc12. The van der Waals surface area contributed by atoms with Gasteiger partial charge in [0, 0.05) is 50.2 Å². The summed E-state index contributed by atoms with van der Waals surface area (Å²) in [6.07, 6.45) is 13.6. The molecule has 1 amide bonds. The molecular formula is C28H36N6O2. The van der Waals surface area contributed by atoms with Gasteiger partial charge in [-0.2, -0.15) is 5.10 Å². The van der Waals surface area contributed by atoms with Crippen LogP contribution in [0.15, 0.2) is 54.2 Å². The number of carbonyl (C=O) groups excluding carboxylic acids is 1. The van der Waals surface area contributed by atoms with E-state index >= 15 is 0 Å². The summed E-state index contributed by atoms with van der Waals surface area (Å²) in [4.78, 5) is 24.7. The number of carbonyl (C=O) groups is 1. The lowest BCUT2D eigenvalue weighted by Crippen LogP contribution is -2.52. The first-order valence-electron chi connectivity index (χ1n) is 13.0. The number of hydrogen-bond acceptors (Lipinski definition) is 6. The van der Waals surface area contributed by atoms with Crippen LogP contribution < -0.4 is 0 Å². The molecule has 2 unspecified atom stereocenters. The second-order valence-electron chi connectivity index (χ2n) is 10.1. The Bertz CT molecular complexity index is 1290. The average Bonchev–Trinajstić information content (AvgIpc) is 3.29. The maximum atomic E-state index is 13.6. The van der Waals surface area contributed by atoms with Crippen LogP contribution in [0.2, 0.25) is 0 Å². The topological polar surface area (TPSA) is 77.2 Å². The second kappa shape index (κ2) is 10.0. The molecule has 1 saturated heterocycles. The molecule has 0 radical (unpaired) electrons. The average molecular weight is 489 g/mol. The Balaban J connectivity index is 1.44. The van der Waals surface area contributed by atoms with Crippen LogP contribution in [0.4, 0.5) is 0 Å². The molecule has 5 heterocycles. The second-order valence-corrected chi connectivity index (χ2v) is 10.1. The van der Waals surface area contributed by atoms with Crippen molar-refractivity contribution in [3.05, 3.63) is 71.2 Å². The molecule has 1 fully saturated rings. The highest BCUT2D eigenvalue weighted by molar-refractivity contribution is 5.98. The molecule has 190 valence electrons. The number of allylic oxidation sites excluding steroid dienone is 4. The van der Waals surface area contributed by atoms with Gasteiger partial charge in [-0.15, -0.1) is 0 Å². The maximum absolute atomic E-state index is 13.6. The number of β-amino-alcohol motifs (C(OH)–C–C–N with tert-alkyl or cyclic N) is 1. The molecule has 0 aromatic carbocycles. The number of nitrogens with zero attached hydrogens (tertiary/aromatic N) is 6. The van der Waals surface area contributed by atoms with Crippen molar-refractivity contribution in [1.29, 1.82) is 0 Å². The Morgan fingerprint density at radius 2 is 1.97 bits per heavy atom. The molecule has 1 N–H and O–H groups in total. The van der Waals surface area contributed by atoms with Crippen LogP contribution >= 0.6 is 0 Å². The third-order valence-corrected chi connectivity index (χ3v) is 7.49. The minimum atomic E-state index is -0.0568. The molecule has 8 heteroatoms. The van der Waals surface area contributed by atoms with Gasteiger partial charge in [0.1, 0.15) is 0 Å². The van der Waals surface area contributed by atoms with Crippen LogP contribution in [-0.4, -0.2) is 79.1 Å². The van der Waals surface area contributed by atoms with Gasteiger partial charge in [0.2, 0.25) is 0 Å². The van der Waals surface area contributed by atoms with Crippen molar-refractivity contribution >= 4 is 17.0 Å². The van der Waals surface area contributed by atoms with Crippen molar-refractivity contribution in [3.8, 4) is 0 Å². The van der Waals surface area contributed by atoms with E-state index in [-0.39, 0.29) is 18.4 Å². The minimum absolute atomic E-state index is 0.0568. The summed E-state index contributed by atoms with van der Waals surface area (Å²) >= 11 is 0. The minimum Gasteiger partial charge on any atom is -0.395 e. The molecule has 5 rings (SSSR count). The Morgan fingerprint density at radius 1 is 1.17 bits per heavy atom. The van der Waals surface area contributed by atoms with E-state index in [0.29, 0.717) is 12.6 Å². The van der Waals surface area contributed by atoms with Gasteiger partial charge >= 0.3 is 0 Å². The highest BCUT2D eigenvalue weighted by Gasteiger charge is 2.28. The van der Waals surface area contributed by atoms with E-state index in [4.69, 9.17) is 5.10 Å². The third kappa shape index (κ3) is 4.63. The fourth-order valence-electron chi connectivity index (χ4n) is 5.42. The van der Waals surface area contributed by atoms with Crippen molar-refractivity contribution in [3.63, 3.8) is 0 Å². The van der Waals surface area contributed by atoms with Crippen molar-refractivity contribution in [2.24, 2.45) is 5.92 Å². The fourth-order valence-corrected chi connectivity index (χ4v) is 5.42. The van der Waals surface area contributed by atoms with Crippen LogP contribution in [0, 0.1) is 12.8 Å². The van der Waals surface area contributed by atoms with Gasteiger partial charge in [-0.05, 0) is 56.4 Å². The molecule has 2 aromatic rings. The molecule has 36 heavy (non-hydrogen) atoms. The standard InChI is InChI=1S/C28H36N6O2/c1-5-25-27-15-26(30-34(27)16-20(3)29-25)24-14-28(36)33-18-23(9-8-22(33)7-6-19(24)2)32-11-10-31(12-13-35)21(4)17-32/h7-9,14-16,18-19,21,35H,5-6,10-13,17H2,1-4H3. The van der Waals surface area contributed by atoms with E-state index in [1.807, 2.05) is 23.8 Å². The Kier molecular flexibility index (Phi) is 6.81. The molecule has 0 aliphatic carbocycles. The summed E-state index contributed by atoms with van der Waals surface area (Å²) in [5.41, 5.74) is 6.69. The number of aromatic nitrogens is 3. The van der Waals surface area contributed by atoms with E-state index in [9.17, 15) is 9.90 Å². The number of aliphatic hydroxyl groups is 1. The quantitative estimate of drug-likeness (QED) is 0.697. The van der Waals surface area contributed by atoms with E-state index in [1.165, 1.54) is 0 Å². The predicted molar refractivity (Wildman–Crippen MR) is 141 cm³/mol. The first-order chi connectivity index (χ1) is 17.4. The molecule has 8 nitrogen and oxygen atoms in total. The number of aryl methyl sites for hydroxylation is 2. The number of piperazine rings is 1. The molecule has 0 bridgehead atoms. The molecule has 3 aliphatic heterocycles. The predicted octanol–water partition coefficient (Wildman–Crippen LogP) is 3.15. The Labute approximate surface area is 212 Å².